The smallest absolute Gasteiger partial charge is 0.266 e. The Hall–Kier alpha value is -4.10. The lowest BCUT2D eigenvalue weighted by Crippen LogP contribution is -2.53. The Balaban J connectivity index is 1.51. The average Bonchev–Trinajstić information content (AvgIpc) is 3.46. The number of aliphatic hydroxyl groups excluding tert-OH is 1. The molecular weight excluding hydrogens is 677 g/mol. The predicted molar refractivity (Wildman–Crippen MR) is 175 cm³/mol. The molecule has 5 rings (SSSR count). The maximum Gasteiger partial charge on any atom is 0.266 e. The minimum absolute atomic E-state index is 0.0153. The van der Waals surface area contributed by atoms with Gasteiger partial charge in [0.2, 0.25) is 5.90 Å². The first-order valence-electron chi connectivity index (χ1n) is 14.6. The highest BCUT2D eigenvalue weighted by atomic mass is 79.9. The molecule has 9 nitrogen and oxygen atoms in total. The van der Waals surface area contributed by atoms with Gasteiger partial charge in [-0.25, -0.2) is 23.2 Å². The summed E-state index contributed by atoms with van der Waals surface area (Å²) in [5.41, 5.74) is 5.59. The number of hydrogen-bond acceptors (Lipinski definition) is 8. The van der Waals surface area contributed by atoms with Crippen LogP contribution in [0.15, 0.2) is 117 Å². The van der Waals surface area contributed by atoms with Gasteiger partial charge in [0, 0.05) is 36.0 Å². The summed E-state index contributed by atoms with van der Waals surface area (Å²) < 4.78 is 53.6. The van der Waals surface area contributed by atoms with Crippen molar-refractivity contribution in [1.82, 2.24) is 10.9 Å². The summed E-state index contributed by atoms with van der Waals surface area (Å²) >= 11 is 3.44. The van der Waals surface area contributed by atoms with Gasteiger partial charge in [-0.15, -0.1) is 0 Å². The van der Waals surface area contributed by atoms with E-state index < -0.39 is 33.2 Å². The molecule has 0 aliphatic carbocycles. The van der Waals surface area contributed by atoms with Gasteiger partial charge in [0.1, 0.15) is 11.6 Å². The summed E-state index contributed by atoms with van der Waals surface area (Å²) in [4.78, 5) is 19.2. The van der Waals surface area contributed by atoms with Crippen molar-refractivity contribution in [2.24, 2.45) is 4.99 Å². The highest BCUT2D eigenvalue weighted by molar-refractivity contribution is 9.10. The third-order valence-corrected chi connectivity index (χ3v) is 9.70. The highest BCUT2D eigenvalue weighted by Crippen LogP contribution is 2.43. The molecule has 4 aromatic rings. The molecule has 1 amide bonds. The molecule has 0 fully saturated rings. The molecule has 0 spiro atoms. The predicted octanol–water partition coefficient (Wildman–Crippen LogP) is 5.29. The van der Waals surface area contributed by atoms with Crippen LogP contribution in [-0.2, 0) is 25.9 Å². The van der Waals surface area contributed by atoms with Crippen molar-refractivity contribution >= 4 is 37.6 Å². The maximum atomic E-state index is 14.2. The first kappa shape index (κ1) is 33.3. The fraction of sp³-hybridized carbons (Fsp3) is 0.235. The lowest BCUT2D eigenvalue weighted by molar-refractivity contribution is -0.130. The summed E-state index contributed by atoms with van der Waals surface area (Å²) in [6, 6.07) is 28.1. The summed E-state index contributed by atoms with van der Waals surface area (Å²) in [5.74, 6) is -0.670. The van der Waals surface area contributed by atoms with Crippen molar-refractivity contribution in [1.29, 1.82) is 0 Å². The van der Waals surface area contributed by atoms with Crippen LogP contribution in [0, 0.1) is 5.82 Å². The second-order valence-corrected chi connectivity index (χ2v) is 13.7. The fourth-order valence-electron chi connectivity index (χ4n) is 5.03. The molecule has 1 aliphatic heterocycles. The Labute approximate surface area is 275 Å². The van der Waals surface area contributed by atoms with Crippen LogP contribution in [0.5, 0.6) is 5.75 Å². The molecule has 0 radical (unpaired) electrons. The van der Waals surface area contributed by atoms with E-state index in [1.54, 1.807) is 78.9 Å². The molecule has 2 atom stereocenters. The van der Waals surface area contributed by atoms with Gasteiger partial charge < -0.3 is 14.6 Å². The topological polar surface area (TPSA) is 126 Å². The normalized spacial score (nSPS) is 17.6. The number of nitrogens with zero attached hydrogens (tertiary/aromatic N) is 1. The minimum atomic E-state index is -3.81. The van der Waals surface area contributed by atoms with Crippen molar-refractivity contribution in [3.63, 3.8) is 0 Å². The van der Waals surface area contributed by atoms with Gasteiger partial charge in [-0.05, 0) is 71.8 Å². The zero-order valence-corrected chi connectivity index (χ0v) is 27.1. The largest absolute Gasteiger partial charge is 0.494 e. The van der Waals surface area contributed by atoms with E-state index in [2.05, 4.69) is 26.8 Å². The van der Waals surface area contributed by atoms with Crippen molar-refractivity contribution in [3.8, 4) is 5.75 Å². The van der Waals surface area contributed by atoms with Crippen LogP contribution in [0.3, 0.4) is 0 Å². The Kier molecular flexibility index (Phi) is 10.8. The van der Waals surface area contributed by atoms with Gasteiger partial charge in [0.05, 0.1) is 17.3 Å². The van der Waals surface area contributed by atoms with Crippen LogP contribution in [0.1, 0.15) is 35.6 Å². The Morgan fingerprint density at radius 1 is 1.00 bits per heavy atom. The molecule has 46 heavy (non-hydrogen) atoms. The van der Waals surface area contributed by atoms with Gasteiger partial charge in [-0.2, -0.15) is 0 Å². The average molecular weight is 711 g/mol. The van der Waals surface area contributed by atoms with Gasteiger partial charge >= 0.3 is 0 Å². The van der Waals surface area contributed by atoms with E-state index in [1.807, 2.05) is 0 Å². The lowest BCUT2D eigenvalue weighted by Gasteiger charge is -2.30. The van der Waals surface area contributed by atoms with E-state index in [1.165, 1.54) is 24.3 Å². The molecule has 0 unspecified atom stereocenters. The van der Waals surface area contributed by atoms with E-state index in [4.69, 9.17) is 19.6 Å². The van der Waals surface area contributed by atoms with Crippen LogP contribution in [0.4, 0.5) is 4.39 Å². The van der Waals surface area contributed by atoms with Gasteiger partial charge in [-0.1, -0.05) is 58.4 Å². The number of carbonyl (C=O) groups is 1. The zero-order valence-electron chi connectivity index (χ0n) is 24.7. The third-order valence-electron chi connectivity index (χ3n) is 7.44. The number of sulfone groups is 1. The number of benzene rings is 4. The number of halogens is 2. The van der Waals surface area contributed by atoms with Crippen LogP contribution in [0.2, 0.25) is 0 Å². The number of amides is 1. The SMILES string of the molecule is O=C(NNCc1cccc(F)c1)[C@@]1(CCS(=O)(=O)c2ccccc2)N=C(c2ccc(OCCCO)cc2)O[C@H]1c1ccc(Br)cc1. The highest BCUT2D eigenvalue weighted by Gasteiger charge is 2.53. The molecule has 0 saturated carbocycles. The molecule has 3 N–H and O–H groups in total. The molecule has 240 valence electrons. The number of aliphatic hydroxyl groups is 1. The minimum Gasteiger partial charge on any atom is -0.494 e. The number of aliphatic imine (C=N–C) groups is 1. The van der Waals surface area contributed by atoms with E-state index in [0.29, 0.717) is 35.5 Å². The summed E-state index contributed by atoms with van der Waals surface area (Å²) in [6.45, 7) is 0.474. The zero-order chi connectivity index (χ0) is 32.6. The number of rotatable bonds is 14. The first-order valence-corrected chi connectivity index (χ1v) is 17.1. The fourth-order valence-corrected chi connectivity index (χ4v) is 6.68. The van der Waals surface area contributed by atoms with Crippen LogP contribution in [-0.4, -0.2) is 49.8 Å². The van der Waals surface area contributed by atoms with E-state index in [-0.39, 0.29) is 36.1 Å². The monoisotopic (exact) mass is 709 g/mol. The number of hydrogen-bond donors (Lipinski definition) is 3. The van der Waals surface area contributed by atoms with Crippen LogP contribution in [0.25, 0.3) is 0 Å². The number of carbonyl (C=O) groups excluding carboxylic acids is 1. The Morgan fingerprint density at radius 3 is 2.43 bits per heavy atom. The van der Waals surface area contributed by atoms with E-state index >= 15 is 0 Å². The van der Waals surface area contributed by atoms with Crippen molar-refractivity contribution in [3.05, 3.63) is 130 Å². The Bertz CT molecular complexity index is 1770. The maximum absolute atomic E-state index is 14.2. The molecule has 0 bridgehead atoms. The number of hydrazine groups is 1. The second-order valence-electron chi connectivity index (χ2n) is 10.7. The van der Waals surface area contributed by atoms with E-state index in [9.17, 15) is 17.6 Å². The molecular formula is C34H33BrFN3O6S. The molecule has 0 aromatic heterocycles. The number of ether oxygens (including phenoxy) is 2. The lowest BCUT2D eigenvalue weighted by atomic mass is 9.85. The molecule has 12 heteroatoms. The van der Waals surface area contributed by atoms with Crippen LogP contribution < -0.4 is 15.6 Å². The first-order chi connectivity index (χ1) is 22.2. The molecule has 4 aromatic carbocycles. The van der Waals surface area contributed by atoms with Gasteiger partial charge in [-0.3, -0.25) is 10.2 Å². The van der Waals surface area contributed by atoms with Gasteiger partial charge in [0.15, 0.2) is 21.5 Å². The molecule has 1 aliphatic rings. The van der Waals surface area contributed by atoms with E-state index in [0.717, 1.165) is 4.47 Å². The Morgan fingerprint density at radius 2 is 1.74 bits per heavy atom. The number of nitrogens with one attached hydrogen (secondary N) is 2. The van der Waals surface area contributed by atoms with Crippen LogP contribution >= 0.6 is 15.9 Å². The van der Waals surface area contributed by atoms with Crippen molar-refractivity contribution in [2.45, 2.75) is 35.9 Å². The second kappa shape index (κ2) is 15.0. The standard InChI is InChI=1S/C34H33BrFN3O6S/c35-27-14-10-25(11-15-27)31-34(18-21-46(42,43)30-8-2-1-3-9-30,33(41)39-37-23-24-6-4-7-28(36)22-24)38-32(45-31)26-12-16-29(17-13-26)44-20-5-19-40/h1-4,6-17,22,31,37,40H,5,18-21,23H2,(H,39,41)/t31-,34-/m0/s1. The summed E-state index contributed by atoms with van der Waals surface area (Å²) in [7, 11) is -3.81. The summed E-state index contributed by atoms with van der Waals surface area (Å²) in [6.07, 6.45) is -0.703. The third kappa shape index (κ3) is 8.00. The van der Waals surface area contributed by atoms with Crippen molar-refractivity contribution < 1.29 is 32.2 Å². The summed E-state index contributed by atoms with van der Waals surface area (Å²) in [5, 5.41) is 9.04. The molecule has 0 saturated heterocycles. The quantitative estimate of drug-likeness (QED) is 0.120. The van der Waals surface area contributed by atoms with Gasteiger partial charge in [0.25, 0.3) is 5.91 Å². The van der Waals surface area contributed by atoms with Crippen molar-refractivity contribution in [2.75, 3.05) is 19.0 Å². The molecule has 1 heterocycles.